The molecule has 0 aromatic carbocycles. The van der Waals surface area contributed by atoms with Crippen molar-refractivity contribution in [2.24, 2.45) is 5.41 Å². The lowest BCUT2D eigenvalue weighted by atomic mass is 9.77. The topological polar surface area (TPSA) is 60.9 Å². The van der Waals surface area contributed by atoms with E-state index in [-0.39, 0.29) is 5.91 Å². The number of carbonyl (C=O) groups is 2. The second-order valence-corrected chi connectivity index (χ2v) is 5.36. The van der Waals surface area contributed by atoms with Crippen LogP contribution in [-0.2, 0) is 9.59 Å². The normalized spacial score (nSPS) is 24.8. The van der Waals surface area contributed by atoms with Crippen LogP contribution in [0.5, 0.6) is 0 Å². The molecule has 0 aromatic heterocycles. The molecule has 1 saturated heterocycles. The molecule has 1 atom stereocenters. The van der Waals surface area contributed by atoms with Gasteiger partial charge in [-0.2, -0.15) is 0 Å². The van der Waals surface area contributed by atoms with Crippen LogP contribution in [0.4, 0.5) is 0 Å². The third-order valence-corrected chi connectivity index (χ3v) is 3.93. The van der Waals surface area contributed by atoms with Crippen LogP contribution in [0.25, 0.3) is 0 Å². The van der Waals surface area contributed by atoms with Crippen molar-refractivity contribution in [1.82, 2.24) is 9.80 Å². The molecule has 1 unspecified atom stereocenters. The largest absolute Gasteiger partial charge is 0.481 e. The Hall–Kier alpha value is -1.10. The van der Waals surface area contributed by atoms with Crippen LogP contribution in [0.2, 0.25) is 0 Å². The summed E-state index contributed by atoms with van der Waals surface area (Å²) in [6.45, 7) is 4.06. The molecular formula is C13H24N2O3. The Morgan fingerprint density at radius 3 is 2.56 bits per heavy atom. The molecule has 0 aliphatic carbocycles. The molecule has 0 saturated carbocycles. The molecule has 0 spiro atoms. The fraction of sp³-hybridized carbons (Fsp3) is 0.846. The Bertz CT molecular complexity index is 317. The third kappa shape index (κ3) is 3.45. The molecule has 0 bridgehead atoms. The number of amides is 1. The Morgan fingerprint density at radius 1 is 1.39 bits per heavy atom. The Morgan fingerprint density at radius 2 is 2.06 bits per heavy atom. The fourth-order valence-electron chi connectivity index (χ4n) is 2.51. The molecule has 104 valence electrons. The summed E-state index contributed by atoms with van der Waals surface area (Å²) in [5, 5.41) is 9.37. The zero-order valence-electron chi connectivity index (χ0n) is 11.6. The molecule has 1 N–H and O–H groups in total. The third-order valence-electron chi connectivity index (χ3n) is 3.93. The van der Waals surface area contributed by atoms with E-state index in [0.717, 1.165) is 19.4 Å². The van der Waals surface area contributed by atoms with E-state index in [1.807, 2.05) is 6.92 Å². The van der Waals surface area contributed by atoms with E-state index in [2.05, 4.69) is 4.90 Å². The summed E-state index contributed by atoms with van der Waals surface area (Å²) in [7, 11) is 3.48. The van der Waals surface area contributed by atoms with Gasteiger partial charge in [-0.05, 0) is 25.8 Å². The lowest BCUT2D eigenvalue weighted by Crippen LogP contribution is -2.48. The van der Waals surface area contributed by atoms with E-state index in [1.165, 1.54) is 0 Å². The molecule has 1 rings (SSSR count). The van der Waals surface area contributed by atoms with Gasteiger partial charge in [0.2, 0.25) is 5.91 Å². The lowest BCUT2D eigenvalue weighted by molar-refractivity contribution is -0.152. The predicted molar refractivity (Wildman–Crippen MR) is 69.3 cm³/mol. The minimum atomic E-state index is -0.700. The Labute approximate surface area is 109 Å². The van der Waals surface area contributed by atoms with Crippen molar-refractivity contribution in [3.8, 4) is 0 Å². The van der Waals surface area contributed by atoms with Crippen LogP contribution in [-0.4, -0.2) is 60.5 Å². The second-order valence-electron chi connectivity index (χ2n) is 5.36. The number of likely N-dealkylation sites (tertiary alicyclic amines) is 1. The van der Waals surface area contributed by atoms with Crippen LogP contribution in [0, 0.1) is 5.41 Å². The van der Waals surface area contributed by atoms with E-state index in [4.69, 9.17) is 0 Å². The van der Waals surface area contributed by atoms with E-state index in [0.29, 0.717) is 25.9 Å². The van der Waals surface area contributed by atoms with Gasteiger partial charge in [0, 0.05) is 33.6 Å². The number of piperidine rings is 1. The summed E-state index contributed by atoms with van der Waals surface area (Å²) in [6, 6.07) is 0. The molecule has 1 aliphatic heterocycles. The molecule has 0 aromatic rings. The second kappa shape index (κ2) is 6.18. The van der Waals surface area contributed by atoms with Crippen LogP contribution >= 0.6 is 0 Å². The predicted octanol–water partition coefficient (Wildman–Crippen LogP) is 1.04. The highest BCUT2D eigenvalue weighted by Crippen LogP contribution is 2.33. The summed E-state index contributed by atoms with van der Waals surface area (Å²) in [6.07, 6.45) is 2.76. The number of carbonyl (C=O) groups excluding carboxylic acids is 1. The van der Waals surface area contributed by atoms with Crippen molar-refractivity contribution >= 4 is 11.9 Å². The van der Waals surface area contributed by atoms with Gasteiger partial charge in [0.15, 0.2) is 0 Å². The Kier molecular flexibility index (Phi) is 5.14. The highest BCUT2D eigenvalue weighted by Gasteiger charge is 2.40. The molecule has 5 nitrogen and oxygen atoms in total. The average molecular weight is 256 g/mol. The number of aliphatic carboxylic acids is 1. The van der Waals surface area contributed by atoms with Gasteiger partial charge in [-0.1, -0.05) is 6.92 Å². The van der Waals surface area contributed by atoms with Gasteiger partial charge in [0.25, 0.3) is 0 Å². The van der Waals surface area contributed by atoms with Gasteiger partial charge >= 0.3 is 5.97 Å². The van der Waals surface area contributed by atoms with Crippen LogP contribution in [0.3, 0.4) is 0 Å². The fourth-order valence-corrected chi connectivity index (χ4v) is 2.51. The number of carboxylic acids is 1. The van der Waals surface area contributed by atoms with Crippen LogP contribution in [0.15, 0.2) is 0 Å². The van der Waals surface area contributed by atoms with Gasteiger partial charge in [-0.25, -0.2) is 0 Å². The zero-order chi connectivity index (χ0) is 13.8. The van der Waals surface area contributed by atoms with E-state index >= 15 is 0 Å². The first-order valence-electron chi connectivity index (χ1n) is 6.57. The van der Waals surface area contributed by atoms with E-state index < -0.39 is 11.4 Å². The molecular weight excluding hydrogens is 232 g/mol. The maximum atomic E-state index is 11.5. The molecule has 1 amide bonds. The number of carboxylic acid groups (broad SMARTS) is 1. The zero-order valence-corrected chi connectivity index (χ0v) is 11.6. The van der Waals surface area contributed by atoms with Crippen molar-refractivity contribution in [3.63, 3.8) is 0 Å². The molecule has 1 fully saturated rings. The van der Waals surface area contributed by atoms with Gasteiger partial charge in [0.05, 0.1) is 5.41 Å². The van der Waals surface area contributed by atoms with Gasteiger partial charge in [-0.15, -0.1) is 0 Å². The number of hydrogen-bond donors (Lipinski definition) is 1. The van der Waals surface area contributed by atoms with Crippen molar-refractivity contribution in [1.29, 1.82) is 0 Å². The standard InChI is InChI=1S/C13H24N2O3/c1-4-13(12(17)18)7-5-8-15(10-13)9-6-11(16)14(2)3/h4-10H2,1-3H3,(H,17,18). The smallest absolute Gasteiger partial charge is 0.310 e. The molecule has 5 heteroatoms. The van der Waals surface area contributed by atoms with Gasteiger partial charge < -0.3 is 14.9 Å². The SMILES string of the molecule is CCC1(C(=O)O)CCCN(CCC(=O)N(C)C)C1. The van der Waals surface area contributed by atoms with Crippen molar-refractivity contribution in [2.75, 3.05) is 33.7 Å². The highest BCUT2D eigenvalue weighted by molar-refractivity contribution is 5.76. The minimum absolute atomic E-state index is 0.0954. The minimum Gasteiger partial charge on any atom is -0.481 e. The van der Waals surface area contributed by atoms with Crippen LogP contribution in [0.1, 0.15) is 32.6 Å². The summed E-state index contributed by atoms with van der Waals surface area (Å²) < 4.78 is 0. The number of rotatable bonds is 5. The Balaban J connectivity index is 2.53. The average Bonchev–Trinajstić information content (AvgIpc) is 2.35. The summed E-state index contributed by atoms with van der Waals surface area (Å²) in [5.74, 6) is -0.605. The van der Waals surface area contributed by atoms with Crippen molar-refractivity contribution < 1.29 is 14.7 Å². The summed E-state index contributed by atoms with van der Waals surface area (Å²) >= 11 is 0. The van der Waals surface area contributed by atoms with E-state index in [9.17, 15) is 14.7 Å². The quantitative estimate of drug-likeness (QED) is 0.798. The molecule has 1 heterocycles. The van der Waals surface area contributed by atoms with Crippen molar-refractivity contribution in [3.05, 3.63) is 0 Å². The first-order chi connectivity index (χ1) is 8.41. The van der Waals surface area contributed by atoms with Crippen molar-refractivity contribution in [2.45, 2.75) is 32.6 Å². The molecule has 18 heavy (non-hydrogen) atoms. The molecule has 1 aliphatic rings. The summed E-state index contributed by atoms with van der Waals surface area (Å²) in [5.41, 5.74) is -0.612. The number of nitrogens with zero attached hydrogens (tertiary/aromatic N) is 2. The lowest BCUT2D eigenvalue weighted by Gasteiger charge is -2.39. The maximum Gasteiger partial charge on any atom is 0.310 e. The number of hydrogen-bond acceptors (Lipinski definition) is 3. The van der Waals surface area contributed by atoms with Gasteiger partial charge in [-0.3, -0.25) is 9.59 Å². The molecule has 0 radical (unpaired) electrons. The first kappa shape index (κ1) is 15.0. The first-order valence-corrected chi connectivity index (χ1v) is 6.57. The monoisotopic (exact) mass is 256 g/mol. The highest BCUT2D eigenvalue weighted by atomic mass is 16.4. The maximum absolute atomic E-state index is 11.5. The van der Waals surface area contributed by atoms with E-state index in [1.54, 1.807) is 19.0 Å². The van der Waals surface area contributed by atoms with Crippen LogP contribution < -0.4 is 0 Å². The van der Waals surface area contributed by atoms with Gasteiger partial charge in [0.1, 0.15) is 0 Å². The summed E-state index contributed by atoms with van der Waals surface area (Å²) in [4.78, 5) is 26.6.